The molecule has 0 saturated carbocycles. The second-order valence-electron chi connectivity index (χ2n) is 4.74. The van der Waals surface area contributed by atoms with Gasteiger partial charge >= 0.3 is 0 Å². The average molecular weight is 250 g/mol. The van der Waals surface area contributed by atoms with E-state index in [1.807, 2.05) is 13.0 Å². The number of piperidine rings is 1. The maximum Gasteiger partial charge on any atom is 0.124 e. The summed E-state index contributed by atoms with van der Waals surface area (Å²) in [4.78, 5) is 8.04. The van der Waals surface area contributed by atoms with Crippen LogP contribution in [-0.2, 0) is 0 Å². The largest absolute Gasteiger partial charge is 0.341 e. The Bertz CT molecular complexity index is 502. The van der Waals surface area contributed by atoms with Gasteiger partial charge in [0.2, 0.25) is 0 Å². The first kappa shape index (κ1) is 11.1. The summed E-state index contributed by atoms with van der Waals surface area (Å²) in [6.07, 6.45) is 3.70. The molecule has 0 bridgehead atoms. The molecule has 1 atom stereocenters. The van der Waals surface area contributed by atoms with Gasteiger partial charge in [0.1, 0.15) is 5.82 Å². The molecule has 17 heavy (non-hydrogen) atoms. The number of benzene rings is 1. The lowest BCUT2D eigenvalue weighted by atomic mass is 10.0. The van der Waals surface area contributed by atoms with Crippen LogP contribution < -0.4 is 5.32 Å². The van der Waals surface area contributed by atoms with Crippen LogP contribution in [0, 0.1) is 6.92 Å². The quantitative estimate of drug-likeness (QED) is 0.814. The van der Waals surface area contributed by atoms with Crippen LogP contribution in [-0.4, -0.2) is 16.5 Å². The van der Waals surface area contributed by atoms with Crippen molar-refractivity contribution in [3.63, 3.8) is 0 Å². The van der Waals surface area contributed by atoms with E-state index in [0.717, 1.165) is 40.4 Å². The van der Waals surface area contributed by atoms with Crippen LogP contribution in [0.2, 0.25) is 5.02 Å². The molecule has 2 heterocycles. The van der Waals surface area contributed by atoms with E-state index in [4.69, 9.17) is 11.6 Å². The molecular formula is C13H16ClN3. The number of halogens is 1. The molecule has 4 heteroatoms. The molecule has 3 rings (SSSR count). The van der Waals surface area contributed by atoms with Crippen molar-refractivity contribution >= 4 is 22.6 Å². The van der Waals surface area contributed by atoms with Gasteiger partial charge < -0.3 is 10.3 Å². The Balaban J connectivity index is 2.00. The highest BCUT2D eigenvalue weighted by Gasteiger charge is 2.18. The Labute approximate surface area is 106 Å². The van der Waals surface area contributed by atoms with Crippen molar-refractivity contribution < 1.29 is 0 Å². The van der Waals surface area contributed by atoms with E-state index in [1.54, 1.807) is 0 Å². The number of aromatic nitrogens is 2. The van der Waals surface area contributed by atoms with Gasteiger partial charge in [-0.15, -0.1) is 0 Å². The van der Waals surface area contributed by atoms with E-state index >= 15 is 0 Å². The van der Waals surface area contributed by atoms with E-state index in [9.17, 15) is 0 Å². The SMILES string of the molecule is Cc1cc2[nH]c([C@H]3CCCCN3)nc2cc1Cl. The first-order valence-corrected chi connectivity index (χ1v) is 6.51. The summed E-state index contributed by atoms with van der Waals surface area (Å²) in [5, 5.41) is 4.28. The summed E-state index contributed by atoms with van der Waals surface area (Å²) < 4.78 is 0. The lowest BCUT2D eigenvalue weighted by Gasteiger charge is -2.21. The average Bonchev–Trinajstić information content (AvgIpc) is 2.74. The van der Waals surface area contributed by atoms with Gasteiger partial charge in [0.05, 0.1) is 17.1 Å². The number of aromatic amines is 1. The zero-order chi connectivity index (χ0) is 11.8. The normalized spacial score (nSPS) is 20.9. The molecule has 90 valence electrons. The highest BCUT2D eigenvalue weighted by Crippen LogP contribution is 2.26. The molecule has 0 unspecified atom stereocenters. The minimum absolute atomic E-state index is 0.371. The van der Waals surface area contributed by atoms with E-state index in [2.05, 4.69) is 21.4 Å². The number of imidazole rings is 1. The molecule has 3 nitrogen and oxygen atoms in total. The fraction of sp³-hybridized carbons (Fsp3) is 0.462. The summed E-state index contributed by atoms with van der Waals surface area (Å²) in [5.41, 5.74) is 3.13. The van der Waals surface area contributed by atoms with Crippen LogP contribution in [0.4, 0.5) is 0 Å². The first-order valence-electron chi connectivity index (χ1n) is 6.13. The molecule has 1 fully saturated rings. The molecule has 0 radical (unpaired) electrons. The summed E-state index contributed by atoms with van der Waals surface area (Å²) >= 11 is 6.11. The zero-order valence-electron chi connectivity index (χ0n) is 9.89. The molecule has 0 aliphatic carbocycles. The summed E-state index contributed by atoms with van der Waals surface area (Å²) in [6, 6.07) is 4.38. The monoisotopic (exact) mass is 249 g/mol. The van der Waals surface area contributed by atoms with E-state index in [1.165, 1.54) is 12.8 Å². The van der Waals surface area contributed by atoms with Gasteiger partial charge in [-0.1, -0.05) is 18.0 Å². The fourth-order valence-corrected chi connectivity index (χ4v) is 2.57. The second kappa shape index (κ2) is 4.31. The number of hydrogen-bond donors (Lipinski definition) is 2. The molecule has 1 aliphatic heterocycles. The molecule has 0 amide bonds. The molecule has 2 N–H and O–H groups in total. The Morgan fingerprint density at radius 1 is 1.35 bits per heavy atom. The van der Waals surface area contributed by atoms with Crippen LogP contribution >= 0.6 is 11.6 Å². The molecule has 0 spiro atoms. The predicted octanol–water partition coefficient (Wildman–Crippen LogP) is 3.34. The first-order chi connectivity index (χ1) is 8.24. The van der Waals surface area contributed by atoms with Crippen LogP contribution in [0.5, 0.6) is 0 Å². The van der Waals surface area contributed by atoms with Gasteiger partial charge in [0, 0.05) is 5.02 Å². The number of fused-ring (bicyclic) bond motifs is 1. The third-order valence-corrected chi connectivity index (χ3v) is 3.83. The van der Waals surface area contributed by atoms with Crippen LogP contribution in [0.3, 0.4) is 0 Å². The van der Waals surface area contributed by atoms with Crippen LogP contribution in [0.15, 0.2) is 12.1 Å². The van der Waals surface area contributed by atoms with Crippen LogP contribution in [0.25, 0.3) is 11.0 Å². The van der Waals surface area contributed by atoms with Crippen molar-refractivity contribution in [2.75, 3.05) is 6.54 Å². The predicted molar refractivity (Wildman–Crippen MR) is 70.4 cm³/mol. The van der Waals surface area contributed by atoms with E-state index in [0.29, 0.717) is 6.04 Å². The Hall–Kier alpha value is -1.06. The lowest BCUT2D eigenvalue weighted by molar-refractivity contribution is 0.400. The smallest absolute Gasteiger partial charge is 0.124 e. The van der Waals surface area contributed by atoms with Gasteiger partial charge in [-0.2, -0.15) is 0 Å². The number of nitrogens with one attached hydrogen (secondary N) is 2. The number of nitrogens with zero attached hydrogens (tertiary/aromatic N) is 1. The molecule has 2 aromatic rings. The summed E-state index contributed by atoms with van der Waals surface area (Å²) in [7, 11) is 0. The number of aryl methyl sites for hydroxylation is 1. The standard InChI is InChI=1S/C13H16ClN3/c1-8-6-11-12(7-9(8)14)17-13(16-11)10-4-2-3-5-15-10/h6-7,10,15H,2-5H2,1H3,(H,16,17)/t10-/m1/s1. The Morgan fingerprint density at radius 2 is 2.24 bits per heavy atom. The second-order valence-corrected chi connectivity index (χ2v) is 5.15. The van der Waals surface area contributed by atoms with Crippen molar-refractivity contribution in [1.82, 2.24) is 15.3 Å². The zero-order valence-corrected chi connectivity index (χ0v) is 10.6. The van der Waals surface area contributed by atoms with Crippen molar-refractivity contribution in [2.24, 2.45) is 0 Å². The van der Waals surface area contributed by atoms with Crippen molar-refractivity contribution in [1.29, 1.82) is 0 Å². The topological polar surface area (TPSA) is 40.7 Å². The van der Waals surface area contributed by atoms with Crippen molar-refractivity contribution in [3.8, 4) is 0 Å². The van der Waals surface area contributed by atoms with Gasteiger partial charge in [-0.25, -0.2) is 4.98 Å². The summed E-state index contributed by atoms with van der Waals surface area (Å²) in [5.74, 6) is 1.04. The van der Waals surface area contributed by atoms with Crippen LogP contribution in [0.1, 0.15) is 36.7 Å². The summed E-state index contributed by atoms with van der Waals surface area (Å²) in [6.45, 7) is 3.10. The molecular weight excluding hydrogens is 234 g/mol. The molecule has 1 aromatic carbocycles. The maximum atomic E-state index is 6.11. The number of rotatable bonds is 1. The van der Waals surface area contributed by atoms with Gasteiger partial charge in [0.15, 0.2) is 0 Å². The fourth-order valence-electron chi connectivity index (χ4n) is 2.41. The maximum absolute atomic E-state index is 6.11. The number of H-pyrrole nitrogens is 1. The third kappa shape index (κ3) is 2.05. The number of hydrogen-bond acceptors (Lipinski definition) is 2. The molecule has 1 saturated heterocycles. The minimum Gasteiger partial charge on any atom is -0.341 e. The van der Waals surface area contributed by atoms with Gasteiger partial charge in [0.25, 0.3) is 0 Å². The highest BCUT2D eigenvalue weighted by molar-refractivity contribution is 6.32. The lowest BCUT2D eigenvalue weighted by Crippen LogP contribution is -2.27. The minimum atomic E-state index is 0.371. The van der Waals surface area contributed by atoms with Crippen molar-refractivity contribution in [2.45, 2.75) is 32.2 Å². The van der Waals surface area contributed by atoms with Gasteiger partial charge in [-0.3, -0.25) is 0 Å². The van der Waals surface area contributed by atoms with E-state index in [-0.39, 0.29) is 0 Å². The Morgan fingerprint density at radius 3 is 3.00 bits per heavy atom. The molecule has 1 aromatic heterocycles. The van der Waals surface area contributed by atoms with Gasteiger partial charge in [-0.05, 0) is 44.0 Å². The Kier molecular flexibility index (Phi) is 2.81. The highest BCUT2D eigenvalue weighted by atomic mass is 35.5. The van der Waals surface area contributed by atoms with E-state index < -0.39 is 0 Å². The van der Waals surface area contributed by atoms with Crippen molar-refractivity contribution in [3.05, 3.63) is 28.5 Å². The third-order valence-electron chi connectivity index (χ3n) is 3.42. The molecule has 1 aliphatic rings.